The number of benzene rings is 3. The summed E-state index contributed by atoms with van der Waals surface area (Å²) in [4.78, 5) is 6.98. The first-order valence-electron chi connectivity index (χ1n) is 12.3. The lowest BCUT2D eigenvalue weighted by Gasteiger charge is -2.28. The molecule has 3 heterocycles. The highest BCUT2D eigenvalue weighted by Gasteiger charge is 2.42. The molecule has 6 rings (SSSR count). The number of thiocarbonyl (C=S) groups is 1. The van der Waals surface area contributed by atoms with Crippen LogP contribution >= 0.6 is 12.2 Å². The fourth-order valence-corrected chi connectivity index (χ4v) is 5.93. The Morgan fingerprint density at radius 1 is 0.833 bits per heavy atom. The predicted molar refractivity (Wildman–Crippen MR) is 152 cm³/mol. The van der Waals surface area contributed by atoms with E-state index in [4.69, 9.17) is 17.2 Å². The van der Waals surface area contributed by atoms with E-state index < -0.39 is 0 Å². The van der Waals surface area contributed by atoms with Crippen LogP contribution in [-0.4, -0.2) is 14.7 Å². The molecule has 0 spiro atoms. The fraction of sp³-hybridized carbons (Fsp3) is 0.161. The molecule has 1 N–H and O–H groups in total. The number of nitrogens with zero attached hydrogens (tertiary/aromatic N) is 3. The van der Waals surface area contributed by atoms with E-state index in [-0.39, 0.29) is 12.1 Å². The van der Waals surface area contributed by atoms with Crippen LogP contribution in [0.3, 0.4) is 0 Å². The quantitative estimate of drug-likeness (QED) is 0.273. The summed E-state index contributed by atoms with van der Waals surface area (Å²) in [7, 11) is 0. The summed E-state index contributed by atoms with van der Waals surface area (Å²) in [6, 6.07) is 31.9. The Morgan fingerprint density at radius 3 is 2.42 bits per heavy atom. The molecule has 0 aliphatic carbocycles. The second kappa shape index (κ2) is 8.92. The molecule has 5 aromatic rings. The highest BCUT2D eigenvalue weighted by Crippen LogP contribution is 2.44. The van der Waals surface area contributed by atoms with Gasteiger partial charge in [-0.3, -0.25) is 4.98 Å². The Balaban J connectivity index is 1.56. The molecule has 1 fully saturated rings. The predicted octanol–water partition coefficient (Wildman–Crippen LogP) is 7.13. The Morgan fingerprint density at radius 2 is 1.61 bits per heavy atom. The van der Waals surface area contributed by atoms with Gasteiger partial charge in [-0.1, -0.05) is 54.6 Å². The zero-order valence-electron chi connectivity index (χ0n) is 20.6. The molecule has 1 aliphatic heterocycles. The number of aryl methyl sites for hydroxylation is 2. The van der Waals surface area contributed by atoms with E-state index in [9.17, 15) is 0 Å². The van der Waals surface area contributed by atoms with Crippen molar-refractivity contribution in [2.75, 3.05) is 4.90 Å². The normalized spacial score (nSPS) is 17.5. The van der Waals surface area contributed by atoms with E-state index in [2.05, 4.69) is 114 Å². The van der Waals surface area contributed by atoms with E-state index in [1.54, 1.807) is 0 Å². The molecule has 0 saturated carbocycles. The zero-order chi connectivity index (χ0) is 24.8. The number of anilines is 1. The lowest BCUT2D eigenvalue weighted by atomic mass is 9.96. The van der Waals surface area contributed by atoms with Crippen molar-refractivity contribution in [3.63, 3.8) is 0 Å². The topological polar surface area (TPSA) is 33.1 Å². The van der Waals surface area contributed by atoms with Gasteiger partial charge in [0, 0.05) is 28.7 Å². The largest absolute Gasteiger partial charge is 0.351 e. The summed E-state index contributed by atoms with van der Waals surface area (Å²) < 4.78 is 2.38. The Kier molecular flexibility index (Phi) is 5.57. The van der Waals surface area contributed by atoms with Crippen molar-refractivity contribution < 1.29 is 0 Å². The maximum absolute atomic E-state index is 5.94. The lowest BCUT2D eigenvalue weighted by molar-refractivity contribution is 0.565. The van der Waals surface area contributed by atoms with E-state index in [1.807, 2.05) is 18.3 Å². The van der Waals surface area contributed by atoms with Gasteiger partial charge in [0.1, 0.15) is 0 Å². The average Bonchev–Trinajstić information content (AvgIpc) is 3.39. The number of hydrogen-bond acceptors (Lipinski definition) is 2. The van der Waals surface area contributed by atoms with Crippen LogP contribution in [0.25, 0.3) is 16.5 Å². The summed E-state index contributed by atoms with van der Waals surface area (Å²) >= 11 is 5.94. The van der Waals surface area contributed by atoms with Gasteiger partial charge in [0.25, 0.3) is 0 Å². The molecule has 4 nitrogen and oxygen atoms in total. The molecule has 5 heteroatoms. The Hall–Kier alpha value is -3.96. The second-order valence-corrected chi connectivity index (χ2v) is 9.88. The molecule has 3 aromatic carbocycles. The summed E-state index contributed by atoms with van der Waals surface area (Å²) in [5.74, 6) is 0. The van der Waals surface area contributed by atoms with Crippen LogP contribution in [0.2, 0.25) is 0 Å². The van der Waals surface area contributed by atoms with Crippen LogP contribution in [0, 0.1) is 20.8 Å². The highest BCUT2D eigenvalue weighted by atomic mass is 32.1. The van der Waals surface area contributed by atoms with Crippen LogP contribution in [0.4, 0.5) is 5.69 Å². The summed E-state index contributed by atoms with van der Waals surface area (Å²) in [6.07, 6.45) is 1.85. The van der Waals surface area contributed by atoms with Crippen LogP contribution in [0.5, 0.6) is 0 Å². The first kappa shape index (κ1) is 22.5. The van der Waals surface area contributed by atoms with E-state index in [1.165, 1.54) is 39.0 Å². The first-order valence-corrected chi connectivity index (χ1v) is 12.7. The number of fused-ring (bicyclic) bond motifs is 1. The lowest BCUT2D eigenvalue weighted by Crippen LogP contribution is -2.29. The van der Waals surface area contributed by atoms with E-state index in [0.717, 1.165) is 16.5 Å². The standard InChI is InChI=1S/C31H28N4S/c1-20-10-8-13-24(18-20)35-30(29(33-31(35)36)27-15-6-7-17-32-27)26-19-21(2)34(22(26)3)28-16-9-12-23-11-4-5-14-25(23)28/h4-19,29-30H,1-3H3,(H,33,36)/t29-,30-/m1/s1. The molecule has 1 aliphatic rings. The smallest absolute Gasteiger partial charge is 0.174 e. The molecule has 1 saturated heterocycles. The van der Waals surface area contributed by atoms with E-state index in [0.29, 0.717) is 0 Å². The minimum Gasteiger partial charge on any atom is -0.351 e. The molecule has 2 aromatic heterocycles. The van der Waals surface area contributed by atoms with Crippen molar-refractivity contribution in [2.45, 2.75) is 32.9 Å². The molecule has 0 unspecified atom stereocenters. The fourth-order valence-electron chi connectivity index (χ4n) is 5.59. The third kappa shape index (κ3) is 3.67. The van der Waals surface area contributed by atoms with Crippen LogP contribution in [0.15, 0.2) is 97.2 Å². The van der Waals surface area contributed by atoms with Gasteiger partial charge in [-0.25, -0.2) is 0 Å². The first-order chi connectivity index (χ1) is 17.5. The molecule has 2 atom stereocenters. The van der Waals surface area contributed by atoms with E-state index >= 15 is 0 Å². The van der Waals surface area contributed by atoms with Gasteiger partial charge < -0.3 is 14.8 Å². The van der Waals surface area contributed by atoms with Gasteiger partial charge in [0.15, 0.2) is 5.11 Å². The van der Waals surface area contributed by atoms with Crippen molar-refractivity contribution in [2.24, 2.45) is 0 Å². The molecular weight excluding hydrogens is 460 g/mol. The summed E-state index contributed by atoms with van der Waals surface area (Å²) in [5.41, 5.74) is 8.11. The maximum atomic E-state index is 5.94. The average molecular weight is 489 g/mol. The van der Waals surface area contributed by atoms with Crippen LogP contribution < -0.4 is 10.2 Å². The minimum absolute atomic E-state index is 0.0378. The monoisotopic (exact) mass is 488 g/mol. The van der Waals surface area contributed by atoms with Gasteiger partial charge >= 0.3 is 0 Å². The molecule has 0 amide bonds. The maximum Gasteiger partial charge on any atom is 0.174 e. The third-order valence-electron chi connectivity index (χ3n) is 7.17. The van der Waals surface area contributed by atoms with Gasteiger partial charge in [0.05, 0.1) is 23.5 Å². The summed E-state index contributed by atoms with van der Waals surface area (Å²) in [6.45, 7) is 6.52. The van der Waals surface area contributed by atoms with Crippen molar-refractivity contribution in [3.05, 3.63) is 125 Å². The SMILES string of the molecule is Cc1cccc(N2C(=S)N[C@H](c3ccccn3)[C@H]2c2cc(C)n(-c3cccc4ccccc34)c2C)c1. The van der Waals surface area contributed by atoms with Gasteiger partial charge in [-0.05, 0) is 85.9 Å². The van der Waals surface area contributed by atoms with Crippen molar-refractivity contribution >= 4 is 33.8 Å². The van der Waals surface area contributed by atoms with Gasteiger partial charge in [-0.15, -0.1) is 0 Å². The minimum atomic E-state index is -0.0688. The highest BCUT2D eigenvalue weighted by molar-refractivity contribution is 7.80. The molecular formula is C31H28N4S. The Bertz CT molecular complexity index is 1580. The third-order valence-corrected chi connectivity index (χ3v) is 7.49. The van der Waals surface area contributed by atoms with Crippen LogP contribution in [-0.2, 0) is 0 Å². The molecule has 36 heavy (non-hydrogen) atoms. The molecule has 178 valence electrons. The summed E-state index contributed by atoms with van der Waals surface area (Å²) in [5, 5.41) is 6.79. The second-order valence-electron chi connectivity index (χ2n) is 9.50. The zero-order valence-corrected chi connectivity index (χ0v) is 21.5. The van der Waals surface area contributed by atoms with Crippen molar-refractivity contribution in [1.29, 1.82) is 0 Å². The number of nitrogens with one attached hydrogen (secondary N) is 1. The van der Waals surface area contributed by atoms with Crippen molar-refractivity contribution in [1.82, 2.24) is 14.9 Å². The number of rotatable bonds is 4. The molecule has 0 bridgehead atoms. The van der Waals surface area contributed by atoms with Crippen LogP contribution in [0.1, 0.15) is 40.3 Å². The van der Waals surface area contributed by atoms with Crippen molar-refractivity contribution in [3.8, 4) is 5.69 Å². The number of hydrogen-bond donors (Lipinski definition) is 1. The number of aromatic nitrogens is 2. The Labute approximate surface area is 217 Å². The van der Waals surface area contributed by atoms with Gasteiger partial charge in [-0.2, -0.15) is 0 Å². The molecule has 0 radical (unpaired) electrons. The van der Waals surface area contributed by atoms with Gasteiger partial charge in [0.2, 0.25) is 0 Å². The number of pyridine rings is 1.